The van der Waals surface area contributed by atoms with Crippen LogP contribution in [0.4, 0.5) is 4.79 Å². The zero-order valence-corrected chi connectivity index (χ0v) is 15.6. The summed E-state index contributed by atoms with van der Waals surface area (Å²) in [6, 6.07) is 17.9. The second kappa shape index (κ2) is 9.90. The fourth-order valence-electron chi connectivity index (χ4n) is 3.08. The molecule has 2 aromatic carbocycles. The molecule has 0 spiro atoms. The second-order valence-corrected chi connectivity index (χ2v) is 7.03. The fraction of sp³-hybridized carbons (Fsp3) is 0.364. The zero-order valence-electron chi connectivity index (χ0n) is 15.6. The van der Waals surface area contributed by atoms with Gasteiger partial charge in [0.2, 0.25) is 0 Å². The molecule has 0 saturated heterocycles. The molecule has 28 heavy (non-hydrogen) atoms. The number of hydrogen-bond acceptors (Lipinski definition) is 5. The number of esters is 1. The Bertz CT molecular complexity index is 765. The molecule has 0 heterocycles. The molecule has 1 fully saturated rings. The van der Waals surface area contributed by atoms with Gasteiger partial charge in [-0.1, -0.05) is 60.7 Å². The normalized spacial score (nSPS) is 18.8. The van der Waals surface area contributed by atoms with Crippen LogP contribution in [0.2, 0.25) is 0 Å². The first-order valence-electron chi connectivity index (χ1n) is 9.44. The monoisotopic (exact) mass is 383 g/mol. The first-order valence-corrected chi connectivity index (χ1v) is 9.44. The summed E-state index contributed by atoms with van der Waals surface area (Å²) in [5, 5.41) is 11.9. The van der Waals surface area contributed by atoms with Gasteiger partial charge in [-0.05, 0) is 35.8 Å². The van der Waals surface area contributed by atoms with Gasteiger partial charge in [-0.3, -0.25) is 0 Å². The highest BCUT2D eigenvalue weighted by Gasteiger charge is 2.40. The quantitative estimate of drug-likeness (QED) is 0.650. The van der Waals surface area contributed by atoms with Crippen molar-refractivity contribution in [2.24, 2.45) is 11.8 Å². The van der Waals surface area contributed by atoms with Crippen LogP contribution in [0.15, 0.2) is 60.7 Å². The van der Waals surface area contributed by atoms with Gasteiger partial charge in [0.05, 0.1) is 0 Å². The third-order valence-electron chi connectivity index (χ3n) is 4.86. The summed E-state index contributed by atoms with van der Waals surface area (Å²) in [5.41, 5.74) is 1.74. The number of benzene rings is 2. The molecule has 6 nitrogen and oxygen atoms in total. The second-order valence-electron chi connectivity index (χ2n) is 7.03. The van der Waals surface area contributed by atoms with Gasteiger partial charge in [-0.2, -0.15) is 0 Å². The van der Waals surface area contributed by atoms with Crippen LogP contribution in [-0.4, -0.2) is 29.8 Å². The number of carbonyl (C=O) groups excluding carboxylic acids is 2. The lowest BCUT2D eigenvalue weighted by Gasteiger charge is -2.18. The van der Waals surface area contributed by atoms with E-state index in [1.165, 1.54) is 0 Å². The maximum absolute atomic E-state index is 12.5. The van der Waals surface area contributed by atoms with Crippen LogP contribution in [0, 0.1) is 11.8 Å². The minimum absolute atomic E-state index is 0.0922. The number of ether oxygens (including phenoxy) is 2. The topological polar surface area (TPSA) is 84.9 Å². The van der Waals surface area contributed by atoms with Crippen molar-refractivity contribution in [1.82, 2.24) is 5.32 Å². The Hall–Kier alpha value is -2.86. The fourth-order valence-corrected chi connectivity index (χ4v) is 3.08. The molecule has 0 aliphatic heterocycles. The summed E-state index contributed by atoms with van der Waals surface area (Å²) < 4.78 is 10.6. The lowest BCUT2D eigenvalue weighted by molar-refractivity contribution is -0.147. The molecule has 148 valence electrons. The van der Waals surface area contributed by atoms with Crippen molar-refractivity contribution in [3.05, 3.63) is 71.8 Å². The largest absolute Gasteiger partial charge is 0.459 e. The highest BCUT2D eigenvalue weighted by atomic mass is 16.6. The van der Waals surface area contributed by atoms with Crippen LogP contribution in [0.25, 0.3) is 0 Å². The number of hydrogen-bond donors (Lipinski definition) is 2. The third-order valence-corrected chi connectivity index (χ3v) is 4.86. The van der Waals surface area contributed by atoms with Crippen LogP contribution in [0.3, 0.4) is 0 Å². The number of alkyl carbamates (subject to hydrolysis) is 1. The van der Waals surface area contributed by atoms with Crippen molar-refractivity contribution in [2.45, 2.75) is 32.1 Å². The molecule has 1 aliphatic rings. The predicted octanol–water partition coefficient (Wildman–Crippen LogP) is 3.04. The molecule has 3 atom stereocenters. The molecule has 6 heteroatoms. The number of rotatable bonds is 9. The number of aliphatic hydroxyl groups excluding tert-OH is 1. The van der Waals surface area contributed by atoms with Crippen molar-refractivity contribution in [3.63, 3.8) is 0 Å². The minimum Gasteiger partial charge on any atom is -0.459 e. The molecule has 0 aromatic heterocycles. The van der Waals surface area contributed by atoms with Gasteiger partial charge >= 0.3 is 12.1 Å². The lowest BCUT2D eigenvalue weighted by atomic mass is 10.1. The van der Waals surface area contributed by atoms with E-state index in [-0.39, 0.29) is 31.7 Å². The maximum Gasteiger partial charge on any atom is 0.408 e. The average molecular weight is 383 g/mol. The van der Waals surface area contributed by atoms with E-state index in [4.69, 9.17) is 9.47 Å². The summed E-state index contributed by atoms with van der Waals surface area (Å²) in [5.74, 6) is -0.107. The van der Waals surface area contributed by atoms with E-state index < -0.39 is 18.1 Å². The third kappa shape index (κ3) is 6.09. The zero-order chi connectivity index (χ0) is 19.8. The van der Waals surface area contributed by atoms with Crippen LogP contribution < -0.4 is 5.32 Å². The molecule has 2 N–H and O–H groups in total. The van der Waals surface area contributed by atoms with Gasteiger partial charge in [0, 0.05) is 6.61 Å². The first kappa shape index (κ1) is 19.9. The molecule has 0 bridgehead atoms. The Morgan fingerprint density at radius 1 is 0.929 bits per heavy atom. The van der Waals surface area contributed by atoms with E-state index in [9.17, 15) is 14.7 Å². The SMILES string of the molecule is O=C(N[C@@H](C[C@@H]1C[C@H]1CO)C(=O)OCc1ccccc1)OCc1ccccc1. The van der Waals surface area contributed by atoms with Crippen LogP contribution >= 0.6 is 0 Å². The number of carbonyl (C=O) groups is 2. The van der Waals surface area contributed by atoms with E-state index in [2.05, 4.69) is 5.32 Å². The van der Waals surface area contributed by atoms with Gasteiger partial charge in [-0.15, -0.1) is 0 Å². The molecule has 0 unspecified atom stereocenters. The maximum atomic E-state index is 12.5. The Labute approximate surface area is 164 Å². The molecule has 0 radical (unpaired) electrons. The van der Waals surface area contributed by atoms with E-state index in [1.807, 2.05) is 60.7 Å². The number of aliphatic hydroxyl groups is 1. The Kier molecular flexibility index (Phi) is 7.03. The molecule has 1 amide bonds. The number of nitrogens with one attached hydrogen (secondary N) is 1. The van der Waals surface area contributed by atoms with Gasteiger partial charge < -0.3 is 19.9 Å². The summed E-state index contributed by atoms with van der Waals surface area (Å²) in [7, 11) is 0. The van der Waals surface area contributed by atoms with Crippen molar-refractivity contribution >= 4 is 12.1 Å². The Morgan fingerprint density at radius 3 is 2.04 bits per heavy atom. The minimum atomic E-state index is -0.798. The van der Waals surface area contributed by atoms with E-state index >= 15 is 0 Å². The van der Waals surface area contributed by atoms with Crippen molar-refractivity contribution in [2.75, 3.05) is 6.61 Å². The summed E-state index contributed by atoms with van der Waals surface area (Å²) >= 11 is 0. The van der Waals surface area contributed by atoms with Crippen molar-refractivity contribution in [1.29, 1.82) is 0 Å². The Balaban J connectivity index is 1.53. The van der Waals surface area contributed by atoms with E-state index in [0.717, 1.165) is 17.5 Å². The van der Waals surface area contributed by atoms with Crippen molar-refractivity contribution < 1.29 is 24.2 Å². The molecule has 1 saturated carbocycles. The van der Waals surface area contributed by atoms with Crippen molar-refractivity contribution in [3.8, 4) is 0 Å². The first-order chi connectivity index (χ1) is 13.7. The summed E-state index contributed by atoms with van der Waals surface area (Å²) in [6.45, 7) is 0.362. The Morgan fingerprint density at radius 2 is 1.50 bits per heavy atom. The van der Waals surface area contributed by atoms with Gasteiger partial charge in [0.25, 0.3) is 0 Å². The van der Waals surface area contributed by atoms with Crippen LogP contribution in [-0.2, 0) is 27.5 Å². The number of amides is 1. The highest BCUT2D eigenvalue weighted by Crippen LogP contribution is 2.41. The smallest absolute Gasteiger partial charge is 0.408 e. The van der Waals surface area contributed by atoms with Crippen LogP contribution in [0.5, 0.6) is 0 Å². The molecule has 3 rings (SSSR count). The molecular weight excluding hydrogens is 358 g/mol. The predicted molar refractivity (Wildman–Crippen MR) is 103 cm³/mol. The van der Waals surface area contributed by atoms with E-state index in [1.54, 1.807) is 0 Å². The molecular formula is C22H25NO5. The van der Waals surface area contributed by atoms with Gasteiger partial charge in [0.15, 0.2) is 0 Å². The summed E-state index contributed by atoms with van der Waals surface area (Å²) in [6.07, 6.45) is 0.616. The van der Waals surface area contributed by atoms with E-state index in [0.29, 0.717) is 6.42 Å². The molecule has 1 aliphatic carbocycles. The standard InChI is InChI=1S/C22H25NO5/c24-13-19-11-18(19)12-20(21(25)27-14-16-7-3-1-4-8-16)23-22(26)28-15-17-9-5-2-6-10-17/h1-10,18-20,24H,11-15H2,(H,23,26)/t18-,19-,20-/m0/s1. The lowest BCUT2D eigenvalue weighted by Crippen LogP contribution is -2.42. The highest BCUT2D eigenvalue weighted by molar-refractivity contribution is 5.81. The average Bonchev–Trinajstić information content (AvgIpc) is 3.49. The van der Waals surface area contributed by atoms with Crippen LogP contribution in [0.1, 0.15) is 24.0 Å². The summed E-state index contributed by atoms with van der Waals surface area (Å²) in [4.78, 5) is 24.7. The van der Waals surface area contributed by atoms with Gasteiger partial charge in [0.1, 0.15) is 19.3 Å². The van der Waals surface area contributed by atoms with Gasteiger partial charge in [-0.25, -0.2) is 9.59 Å². The molecule has 2 aromatic rings.